The lowest BCUT2D eigenvalue weighted by Crippen LogP contribution is -2.25. The SMILES string of the molecule is O=C(NCCc1nc2c(s1)CCCC2)c1ccc(NS(=O)(=O)c2ccc(F)c(F)c2)cc1. The fourth-order valence-corrected chi connectivity index (χ4v) is 5.67. The summed E-state index contributed by atoms with van der Waals surface area (Å²) < 4.78 is 53.4. The zero-order chi connectivity index (χ0) is 22.7. The van der Waals surface area contributed by atoms with Gasteiger partial charge in [-0.15, -0.1) is 11.3 Å². The highest BCUT2D eigenvalue weighted by molar-refractivity contribution is 7.92. The molecule has 0 unspecified atom stereocenters. The predicted octanol–water partition coefficient (Wildman–Crippen LogP) is 4.07. The van der Waals surface area contributed by atoms with E-state index in [9.17, 15) is 22.0 Å². The second-order valence-electron chi connectivity index (χ2n) is 7.45. The number of sulfonamides is 1. The molecule has 0 radical (unpaired) electrons. The van der Waals surface area contributed by atoms with E-state index in [0.29, 0.717) is 24.6 Å². The molecule has 1 aliphatic rings. The van der Waals surface area contributed by atoms with Gasteiger partial charge in [-0.3, -0.25) is 9.52 Å². The van der Waals surface area contributed by atoms with E-state index in [1.165, 1.54) is 47.7 Å². The van der Waals surface area contributed by atoms with E-state index >= 15 is 0 Å². The normalized spacial score (nSPS) is 13.4. The number of rotatable bonds is 7. The number of halogens is 2. The molecule has 0 fully saturated rings. The lowest BCUT2D eigenvalue weighted by molar-refractivity contribution is 0.0954. The number of aryl methyl sites for hydroxylation is 2. The molecule has 1 aromatic heterocycles. The van der Waals surface area contributed by atoms with Gasteiger partial charge in [-0.05, 0) is 68.1 Å². The Balaban J connectivity index is 1.33. The summed E-state index contributed by atoms with van der Waals surface area (Å²) >= 11 is 1.72. The van der Waals surface area contributed by atoms with Crippen molar-refractivity contribution in [1.82, 2.24) is 10.3 Å². The molecule has 1 amide bonds. The zero-order valence-corrected chi connectivity index (χ0v) is 18.7. The van der Waals surface area contributed by atoms with Gasteiger partial charge in [-0.25, -0.2) is 22.2 Å². The first-order valence-electron chi connectivity index (χ1n) is 10.2. The second kappa shape index (κ2) is 9.33. The number of nitrogens with zero attached hydrogens (tertiary/aromatic N) is 1. The molecule has 0 bridgehead atoms. The molecule has 1 heterocycles. The molecule has 4 rings (SSSR count). The van der Waals surface area contributed by atoms with Gasteiger partial charge in [0.1, 0.15) is 0 Å². The van der Waals surface area contributed by atoms with Crippen molar-refractivity contribution in [2.45, 2.75) is 37.0 Å². The van der Waals surface area contributed by atoms with Gasteiger partial charge in [-0.2, -0.15) is 0 Å². The van der Waals surface area contributed by atoms with E-state index in [1.54, 1.807) is 11.3 Å². The van der Waals surface area contributed by atoms with Crippen molar-refractivity contribution < 1.29 is 22.0 Å². The molecule has 2 aromatic carbocycles. The Morgan fingerprint density at radius 1 is 1.03 bits per heavy atom. The number of hydrogen-bond donors (Lipinski definition) is 2. The molecule has 0 spiro atoms. The second-order valence-corrected chi connectivity index (χ2v) is 10.3. The molecular formula is C22H21F2N3O3S2. The molecule has 0 saturated heterocycles. The molecule has 3 aromatic rings. The zero-order valence-electron chi connectivity index (χ0n) is 17.0. The number of aromatic nitrogens is 1. The summed E-state index contributed by atoms with van der Waals surface area (Å²) in [6, 6.07) is 8.17. The summed E-state index contributed by atoms with van der Waals surface area (Å²) in [5, 5.41) is 3.87. The van der Waals surface area contributed by atoms with Crippen molar-refractivity contribution in [3.63, 3.8) is 0 Å². The van der Waals surface area contributed by atoms with E-state index in [2.05, 4.69) is 15.0 Å². The van der Waals surface area contributed by atoms with E-state index < -0.39 is 26.6 Å². The smallest absolute Gasteiger partial charge is 0.261 e. The van der Waals surface area contributed by atoms with Crippen molar-refractivity contribution in [3.8, 4) is 0 Å². The van der Waals surface area contributed by atoms with Crippen molar-refractivity contribution in [2.24, 2.45) is 0 Å². The molecule has 168 valence electrons. The standard InChI is InChI=1S/C22H21F2N3O3S2/c23-17-10-9-16(13-18(17)24)32(29,30)27-15-7-5-14(6-8-15)22(28)25-12-11-21-26-19-3-1-2-4-20(19)31-21/h5-10,13,27H,1-4,11-12H2,(H,25,28). The highest BCUT2D eigenvalue weighted by atomic mass is 32.2. The number of anilines is 1. The Kier molecular flexibility index (Phi) is 6.52. The average molecular weight is 478 g/mol. The number of amides is 1. The maximum Gasteiger partial charge on any atom is 0.261 e. The lowest BCUT2D eigenvalue weighted by atomic mass is 10.0. The van der Waals surface area contributed by atoms with E-state index in [0.717, 1.165) is 30.0 Å². The summed E-state index contributed by atoms with van der Waals surface area (Å²) in [4.78, 5) is 18.0. The molecule has 0 aliphatic heterocycles. The van der Waals surface area contributed by atoms with Gasteiger partial charge in [-0.1, -0.05) is 0 Å². The molecule has 0 saturated carbocycles. The number of fused-ring (bicyclic) bond motifs is 1. The summed E-state index contributed by atoms with van der Waals surface area (Å²) in [5.41, 5.74) is 1.77. The highest BCUT2D eigenvalue weighted by Crippen LogP contribution is 2.26. The van der Waals surface area contributed by atoms with Gasteiger partial charge in [0.15, 0.2) is 11.6 Å². The molecular weight excluding hydrogens is 456 g/mol. The van der Waals surface area contributed by atoms with Crippen molar-refractivity contribution >= 4 is 33.0 Å². The quantitative estimate of drug-likeness (QED) is 0.537. The minimum atomic E-state index is -4.10. The summed E-state index contributed by atoms with van der Waals surface area (Å²) in [6.45, 7) is 0.454. The summed E-state index contributed by atoms with van der Waals surface area (Å²) in [5.74, 6) is -2.66. The van der Waals surface area contributed by atoms with Crippen LogP contribution in [0.25, 0.3) is 0 Å². The first-order chi connectivity index (χ1) is 15.3. The van der Waals surface area contributed by atoms with Crippen molar-refractivity contribution in [1.29, 1.82) is 0 Å². The molecule has 2 N–H and O–H groups in total. The van der Waals surface area contributed by atoms with Gasteiger partial charge < -0.3 is 5.32 Å². The number of nitrogens with one attached hydrogen (secondary N) is 2. The van der Waals surface area contributed by atoms with Gasteiger partial charge in [0.05, 0.1) is 15.6 Å². The van der Waals surface area contributed by atoms with Crippen LogP contribution in [0.3, 0.4) is 0 Å². The number of benzene rings is 2. The Morgan fingerprint density at radius 2 is 1.78 bits per heavy atom. The third kappa shape index (κ3) is 5.13. The maximum atomic E-state index is 13.3. The fourth-order valence-electron chi connectivity index (χ4n) is 3.45. The summed E-state index contributed by atoms with van der Waals surface area (Å²) in [6.07, 6.45) is 5.17. The average Bonchev–Trinajstić information content (AvgIpc) is 3.18. The first-order valence-corrected chi connectivity index (χ1v) is 12.5. The predicted molar refractivity (Wildman–Crippen MR) is 118 cm³/mol. The summed E-state index contributed by atoms with van der Waals surface area (Å²) in [7, 11) is -4.10. The molecule has 6 nitrogen and oxygen atoms in total. The molecule has 10 heteroatoms. The monoisotopic (exact) mass is 477 g/mol. The highest BCUT2D eigenvalue weighted by Gasteiger charge is 2.18. The van der Waals surface area contributed by atoms with Gasteiger partial charge in [0.2, 0.25) is 0 Å². The molecule has 0 atom stereocenters. The third-order valence-electron chi connectivity index (χ3n) is 5.12. The Labute approximate surface area is 188 Å². The van der Waals surface area contributed by atoms with Crippen LogP contribution < -0.4 is 10.0 Å². The Bertz CT molecular complexity index is 1220. The van der Waals surface area contributed by atoms with Crippen LogP contribution in [0.1, 0.15) is 38.8 Å². The first kappa shape index (κ1) is 22.3. The van der Waals surface area contributed by atoms with E-state index in [1.807, 2.05) is 0 Å². The molecule has 32 heavy (non-hydrogen) atoms. The number of carbonyl (C=O) groups excluding carboxylic acids is 1. The van der Waals surface area contributed by atoms with Crippen molar-refractivity contribution in [2.75, 3.05) is 11.3 Å². The van der Waals surface area contributed by atoms with E-state index in [4.69, 9.17) is 0 Å². The van der Waals surface area contributed by atoms with Crippen LogP contribution in [0.4, 0.5) is 14.5 Å². The van der Waals surface area contributed by atoms with Crippen LogP contribution in [0.2, 0.25) is 0 Å². The topological polar surface area (TPSA) is 88.2 Å². The number of hydrogen-bond acceptors (Lipinski definition) is 5. The Morgan fingerprint density at radius 3 is 2.50 bits per heavy atom. The number of thiazole rings is 1. The van der Waals surface area contributed by atoms with Crippen LogP contribution in [0.15, 0.2) is 47.4 Å². The lowest BCUT2D eigenvalue weighted by Gasteiger charge is -2.09. The molecule has 1 aliphatic carbocycles. The minimum absolute atomic E-state index is 0.194. The van der Waals surface area contributed by atoms with Crippen LogP contribution in [-0.2, 0) is 29.3 Å². The number of carbonyl (C=O) groups is 1. The van der Waals surface area contributed by atoms with Gasteiger partial charge in [0.25, 0.3) is 15.9 Å². The van der Waals surface area contributed by atoms with Crippen LogP contribution in [0.5, 0.6) is 0 Å². The van der Waals surface area contributed by atoms with Crippen LogP contribution >= 0.6 is 11.3 Å². The minimum Gasteiger partial charge on any atom is -0.352 e. The van der Waals surface area contributed by atoms with Crippen molar-refractivity contribution in [3.05, 3.63) is 75.2 Å². The largest absolute Gasteiger partial charge is 0.352 e. The van der Waals surface area contributed by atoms with Crippen LogP contribution in [0, 0.1) is 11.6 Å². The fraction of sp³-hybridized carbons (Fsp3) is 0.273. The maximum absolute atomic E-state index is 13.3. The van der Waals surface area contributed by atoms with Gasteiger partial charge in [0, 0.05) is 29.1 Å². The Hall–Kier alpha value is -2.85. The third-order valence-corrected chi connectivity index (χ3v) is 7.71. The van der Waals surface area contributed by atoms with E-state index in [-0.39, 0.29) is 11.6 Å². The van der Waals surface area contributed by atoms with Crippen LogP contribution in [-0.4, -0.2) is 25.9 Å². The van der Waals surface area contributed by atoms with Gasteiger partial charge >= 0.3 is 0 Å².